The van der Waals surface area contributed by atoms with Crippen LogP contribution in [0.15, 0.2) is 83.8 Å². The van der Waals surface area contributed by atoms with Crippen molar-refractivity contribution in [2.45, 2.75) is 35.6 Å². The number of hydrogen-bond donors (Lipinski definition) is 1. The topological polar surface area (TPSA) is 60.2 Å². The highest BCUT2D eigenvalue weighted by Gasteiger charge is 2.42. The summed E-state index contributed by atoms with van der Waals surface area (Å²) in [5.41, 5.74) is 7.04. The lowest BCUT2D eigenvalue weighted by atomic mass is 10.1. The van der Waals surface area contributed by atoms with E-state index in [9.17, 15) is 26.0 Å². The van der Waals surface area contributed by atoms with Gasteiger partial charge in [0.1, 0.15) is 0 Å². The lowest BCUT2D eigenvalue weighted by Crippen LogP contribution is -2.09. The Morgan fingerprint density at radius 3 is 1.81 bits per heavy atom. The second-order valence-corrected chi connectivity index (χ2v) is 11.8. The van der Waals surface area contributed by atoms with Crippen molar-refractivity contribution in [2.24, 2.45) is 11.7 Å². The Balaban J connectivity index is 0.000000195. The molecule has 0 heterocycles. The van der Waals surface area contributed by atoms with Gasteiger partial charge in [0.2, 0.25) is 0 Å². The monoisotopic (exact) mass is 527 g/mol. The van der Waals surface area contributed by atoms with Crippen LogP contribution in [0.1, 0.15) is 35.8 Å². The van der Waals surface area contributed by atoms with E-state index < -0.39 is 33.1 Å². The van der Waals surface area contributed by atoms with E-state index in [0.29, 0.717) is 16.9 Å². The van der Waals surface area contributed by atoms with Crippen molar-refractivity contribution in [3.05, 3.63) is 113 Å². The van der Waals surface area contributed by atoms with Gasteiger partial charge in [-0.1, -0.05) is 42.5 Å². The van der Waals surface area contributed by atoms with Crippen LogP contribution in [0, 0.1) is 29.2 Å². The smallest absolute Gasteiger partial charge is 0.178 e. The Bertz CT molecular complexity index is 1570. The van der Waals surface area contributed by atoms with Gasteiger partial charge in [0, 0.05) is 12.0 Å². The second kappa shape index (κ2) is 9.91. The highest BCUT2D eigenvalue weighted by molar-refractivity contribution is 7.91. The van der Waals surface area contributed by atoms with Crippen LogP contribution in [0.5, 0.6) is 0 Å². The number of nitrogens with two attached hydrogens (primary N) is 1. The Morgan fingerprint density at radius 1 is 0.676 bits per heavy atom. The van der Waals surface area contributed by atoms with Gasteiger partial charge in [0.15, 0.2) is 33.1 Å². The first kappa shape index (κ1) is 25.4. The Kier molecular flexibility index (Phi) is 6.81. The van der Waals surface area contributed by atoms with Crippen molar-refractivity contribution in [3.8, 4) is 0 Å². The number of benzene rings is 4. The molecule has 2 fully saturated rings. The summed E-state index contributed by atoms with van der Waals surface area (Å²) >= 11 is 0. The van der Waals surface area contributed by atoms with E-state index in [1.54, 1.807) is 18.2 Å². The third-order valence-corrected chi connectivity index (χ3v) is 8.86. The molecule has 6 rings (SSSR count). The molecular formula is C29H25F4NO2S. The fraction of sp³-hybridized carbons (Fsp3) is 0.241. The zero-order chi connectivity index (χ0) is 26.3. The van der Waals surface area contributed by atoms with Crippen molar-refractivity contribution >= 4 is 20.6 Å². The van der Waals surface area contributed by atoms with E-state index in [1.165, 1.54) is 18.2 Å². The van der Waals surface area contributed by atoms with Gasteiger partial charge in [0.25, 0.3) is 0 Å². The lowest BCUT2D eigenvalue weighted by Gasteiger charge is -2.06. The molecule has 2 aliphatic carbocycles. The molecule has 0 amide bonds. The molecule has 0 unspecified atom stereocenters. The minimum absolute atomic E-state index is 0.0228. The molecule has 4 atom stereocenters. The van der Waals surface area contributed by atoms with Gasteiger partial charge in [-0.2, -0.15) is 0 Å². The first-order chi connectivity index (χ1) is 17.6. The standard InChI is InChI=1S/C20H16F2O2S.C9H9F2N/c21-19-8-6-15(11-20(19)22)18-10-16(18)12-25(23,24)17-7-5-13-3-1-2-4-14(13)9-17;10-7-2-1-5(3-8(7)11)6-4-9(6)12/h1-9,11,16,18H,10,12H2;1-3,6,9H,4,12H2/t16-,18-;6-,9+/m00/s1. The third-order valence-electron chi connectivity index (χ3n) is 7.02. The van der Waals surface area contributed by atoms with Crippen molar-refractivity contribution in [1.82, 2.24) is 0 Å². The van der Waals surface area contributed by atoms with Crippen molar-refractivity contribution < 1.29 is 26.0 Å². The SMILES string of the molecule is N[C@@H]1C[C@H]1c1ccc(F)c(F)c1.O=S(=O)(C[C@@H]1C[C@H]1c1ccc(F)c(F)c1)c1ccc2ccccc2c1. The van der Waals surface area contributed by atoms with E-state index in [2.05, 4.69) is 0 Å². The Labute approximate surface area is 212 Å². The third kappa shape index (κ3) is 5.70. The highest BCUT2D eigenvalue weighted by atomic mass is 32.2. The molecule has 2 saturated carbocycles. The predicted octanol–water partition coefficient (Wildman–Crippen LogP) is 6.47. The molecule has 192 valence electrons. The summed E-state index contributed by atoms with van der Waals surface area (Å²) < 4.78 is 76.9. The van der Waals surface area contributed by atoms with Gasteiger partial charge in [-0.25, -0.2) is 26.0 Å². The molecule has 0 bridgehead atoms. The van der Waals surface area contributed by atoms with Crippen molar-refractivity contribution in [2.75, 3.05) is 5.75 Å². The molecule has 0 aromatic heterocycles. The van der Waals surface area contributed by atoms with Crippen molar-refractivity contribution in [3.63, 3.8) is 0 Å². The van der Waals surface area contributed by atoms with Gasteiger partial charge in [0.05, 0.1) is 10.6 Å². The van der Waals surface area contributed by atoms with Crippen LogP contribution in [-0.2, 0) is 9.84 Å². The van der Waals surface area contributed by atoms with E-state index in [4.69, 9.17) is 5.73 Å². The first-order valence-corrected chi connectivity index (χ1v) is 13.6. The minimum Gasteiger partial charge on any atom is -0.327 e. The number of hydrogen-bond acceptors (Lipinski definition) is 3. The van der Waals surface area contributed by atoms with Crippen LogP contribution in [0.2, 0.25) is 0 Å². The first-order valence-electron chi connectivity index (χ1n) is 12.0. The van der Waals surface area contributed by atoms with Crippen LogP contribution >= 0.6 is 0 Å². The molecule has 0 saturated heterocycles. The second-order valence-electron chi connectivity index (χ2n) is 9.75. The molecular weight excluding hydrogens is 502 g/mol. The van der Waals surface area contributed by atoms with Gasteiger partial charge >= 0.3 is 0 Å². The molecule has 3 nitrogen and oxygen atoms in total. The summed E-state index contributed by atoms with van der Waals surface area (Å²) in [6, 6.07) is 20.6. The molecule has 2 aliphatic rings. The largest absolute Gasteiger partial charge is 0.327 e. The quantitative estimate of drug-likeness (QED) is 0.303. The highest BCUT2D eigenvalue weighted by Crippen LogP contribution is 2.49. The zero-order valence-corrected chi connectivity index (χ0v) is 20.6. The van der Waals surface area contributed by atoms with Crippen LogP contribution in [-0.4, -0.2) is 20.2 Å². The number of rotatable bonds is 5. The van der Waals surface area contributed by atoms with Gasteiger partial charge in [-0.05, 0) is 83.0 Å². The van der Waals surface area contributed by atoms with Crippen LogP contribution in [0.4, 0.5) is 17.6 Å². The summed E-state index contributed by atoms with van der Waals surface area (Å²) in [5.74, 6) is -3.17. The summed E-state index contributed by atoms with van der Waals surface area (Å²) in [4.78, 5) is 0.308. The number of fused-ring (bicyclic) bond motifs is 1. The normalized spacial score (nSPS) is 22.3. The van der Waals surface area contributed by atoms with Crippen LogP contribution < -0.4 is 5.73 Å². The average Bonchev–Trinajstić information content (AvgIpc) is 3.80. The number of sulfone groups is 1. The maximum absolute atomic E-state index is 13.4. The van der Waals surface area contributed by atoms with Crippen LogP contribution in [0.25, 0.3) is 10.8 Å². The summed E-state index contributed by atoms with van der Waals surface area (Å²) in [6.07, 6.45) is 1.56. The molecule has 4 aromatic rings. The lowest BCUT2D eigenvalue weighted by molar-refractivity contribution is 0.507. The molecule has 4 aromatic carbocycles. The molecule has 0 radical (unpaired) electrons. The molecule has 0 spiro atoms. The average molecular weight is 528 g/mol. The fourth-order valence-electron chi connectivity index (χ4n) is 4.66. The van der Waals surface area contributed by atoms with E-state index in [-0.39, 0.29) is 29.5 Å². The van der Waals surface area contributed by atoms with E-state index in [0.717, 1.165) is 34.9 Å². The molecule has 8 heteroatoms. The van der Waals surface area contributed by atoms with Crippen LogP contribution in [0.3, 0.4) is 0 Å². The van der Waals surface area contributed by atoms with Gasteiger partial charge in [-0.15, -0.1) is 0 Å². The molecule has 0 aliphatic heterocycles. The minimum atomic E-state index is -3.42. The van der Waals surface area contributed by atoms with Gasteiger partial charge in [-0.3, -0.25) is 0 Å². The van der Waals surface area contributed by atoms with E-state index >= 15 is 0 Å². The maximum atomic E-state index is 13.4. The van der Waals surface area contributed by atoms with Gasteiger partial charge < -0.3 is 5.73 Å². The molecule has 37 heavy (non-hydrogen) atoms. The molecule has 2 N–H and O–H groups in total. The summed E-state index contributed by atoms with van der Waals surface area (Å²) in [6.45, 7) is 0. The Morgan fingerprint density at radius 2 is 1.24 bits per heavy atom. The van der Waals surface area contributed by atoms with E-state index in [1.807, 2.05) is 30.3 Å². The Hall–Kier alpha value is -3.23. The fourth-order valence-corrected chi connectivity index (χ4v) is 6.37. The van der Waals surface area contributed by atoms with Crippen molar-refractivity contribution in [1.29, 1.82) is 0 Å². The predicted molar refractivity (Wildman–Crippen MR) is 135 cm³/mol. The maximum Gasteiger partial charge on any atom is 0.178 e. The summed E-state index contributed by atoms with van der Waals surface area (Å²) in [5, 5.41) is 1.88. The zero-order valence-electron chi connectivity index (χ0n) is 19.8. The summed E-state index contributed by atoms with van der Waals surface area (Å²) in [7, 11) is -3.42. The number of halogens is 4.